The number of aliphatic hydroxyl groups excluding tert-OH is 1. The third-order valence-corrected chi connectivity index (χ3v) is 1.94. The quantitative estimate of drug-likeness (QED) is 0.523. The van der Waals surface area contributed by atoms with Crippen LogP contribution in [-0.4, -0.2) is 35.5 Å². The van der Waals surface area contributed by atoms with Crippen molar-refractivity contribution in [2.45, 2.75) is 26.3 Å². The van der Waals surface area contributed by atoms with Gasteiger partial charge in [0.2, 0.25) is 5.96 Å². The molecule has 0 radical (unpaired) electrons. The fourth-order valence-corrected chi connectivity index (χ4v) is 1.32. The molecule has 0 aromatic carbocycles. The van der Waals surface area contributed by atoms with Crippen LogP contribution in [0.1, 0.15) is 20.3 Å². The molecule has 0 aromatic heterocycles. The van der Waals surface area contributed by atoms with Gasteiger partial charge in [-0.15, -0.1) is 0 Å². The zero-order valence-electron chi connectivity index (χ0n) is 8.78. The number of hydrogen-bond acceptors (Lipinski definition) is 4. The molecule has 1 heterocycles. The van der Waals surface area contributed by atoms with Crippen molar-refractivity contribution in [1.82, 2.24) is 10.6 Å². The van der Waals surface area contributed by atoms with E-state index >= 15 is 0 Å². The smallest absolute Gasteiger partial charge is 0.316 e. The van der Waals surface area contributed by atoms with E-state index in [9.17, 15) is 9.59 Å². The number of carbonyl (C=O) groups excluding carboxylic acids is 2. The molecule has 1 aliphatic rings. The van der Waals surface area contributed by atoms with Gasteiger partial charge in [-0.05, 0) is 12.3 Å². The highest BCUT2D eigenvalue weighted by molar-refractivity contribution is 6.45. The van der Waals surface area contributed by atoms with Crippen molar-refractivity contribution in [2.75, 3.05) is 6.61 Å². The first-order valence-electron chi connectivity index (χ1n) is 4.84. The van der Waals surface area contributed by atoms with E-state index in [-0.39, 0.29) is 18.6 Å². The van der Waals surface area contributed by atoms with Crippen LogP contribution in [-0.2, 0) is 9.59 Å². The molecule has 0 aliphatic carbocycles. The Morgan fingerprint density at radius 2 is 1.80 bits per heavy atom. The van der Waals surface area contributed by atoms with E-state index in [1.807, 2.05) is 13.8 Å². The van der Waals surface area contributed by atoms with E-state index in [4.69, 9.17) is 5.11 Å². The first kappa shape index (κ1) is 11.6. The maximum absolute atomic E-state index is 10.8. The highest BCUT2D eigenvalue weighted by Gasteiger charge is 2.26. The number of aliphatic imine (C=N–C) groups is 1. The Hall–Kier alpha value is -1.43. The minimum Gasteiger partial charge on any atom is -0.394 e. The number of rotatable bonds is 4. The van der Waals surface area contributed by atoms with Gasteiger partial charge in [-0.2, -0.15) is 0 Å². The number of nitrogens with one attached hydrogen (secondary N) is 2. The molecule has 0 aromatic rings. The molecule has 1 fully saturated rings. The average molecular weight is 213 g/mol. The Morgan fingerprint density at radius 3 is 2.20 bits per heavy atom. The van der Waals surface area contributed by atoms with Crippen LogP contribution in [0.4, 0.5) is 0 Å². The van der Waals surface area contributed by atoms with Crippen molar-refractivity contribution >= 4 is 17.8 Å². The van der Waals surface area contributed by atoms with E-state index in [0.29, 0.717) is 12.3 Å². The predicted molar refractivity (Wildman–Crippen MR) is 54.0 cm³/mol. The largest absolute Gasteiger partial charge is 0.394 e. The molecule has 2 amide bonds. The summed E-state index contributed by atoms with van der Waals surface area (Å²) in [6, 6.07) is -0.293. The van der Waals surface area contributed by atoms with E-state index in [1.54, 1.807) is 0 Å². The molecule has 0 bridgehead atoms. The maximum atomic E-state index is 10.8. The summed E-state index contributed by atoms with van der Waals surface area (Å²) in [6.07, 6.45) is 0.700. The normalized spacial score (nSPS) is 17.7. The fraction of sp³-hybridized carbons (Fsp3) is 0.667. The summed E-state index contributed by atoms with van der Waals surface area (Å²) in [6.45, 7) is 3.91. The van der Waals surface area contributed by atoms with Gasteiger partial charge in [-0.1, -0.05) is 13.8 Å². The van der Waals surface area contributed by atoms with E-state index in [0.717, 1.165) is 0 Å². The molecule has 3 N–H and O–H groups in total. The molecule has 1 aliphatic heterocycles. The lowest BCUT2D eigenvalue weighted by Gasteiger charge is -2.12. The van der Waals surface area contributed by atoms with Gasteiger partial charge in [0, 0.05) is 0 Å². The maximum Gasteiger partial charge on any atom is 0.316 e. The summed E-state index contributed by atoms with van der Waals surface area (Å²) in [5.41, 5.74) is 0. The zero-order chi connectivity index (χ0) is 11.4. The standard InChI is InChI=1S/C9H15N3O3/c1-5(2)3-6(4-13)10-9-11-7(14)8(15)12-9/h5-6,13H,3-4H2,1-2H3,(H2,10,11,12,14,15). The van der Waals surface area contributed by atoms with Gasteiger partial charge < -0.3 is 5.11 Å². The third-order valence-electron chi connectivity index (χ3n) is 1.94. The molecule has 1 unspecified atom stereocenters. The average Bonchev–Trinajstić information content (AvgIpc) is 2.44. The van der Waals surface area contributed by atoms with E-state index in [1.165, 1.54) is 0 Å². The molecular formula is C9H15N3O3. The van der Waals surface area contributed by atoms with Crippen molar-refractivity contribution in [3.8, 4) is 0 Å². The molecule has 15 heavy (non-hydrogen) atoms. The number of guanidine groups is 1. The number of nitrogens with zero attached hydrogens (tertiary/aromatic N) is 1. The first-order chi connectivity index (χ1) is 7.02. The van der Waals surface area contributed by atoms with Gasteiger partial charge in [0.1, 0.15) is 0 Å². The predicted octanol–water partition coefficient (Wildman–Crippen LogP) is -1.00. The highest BCUT2D eigenvalue weighted by atomic mass is 16.3. The van der Waals surface area contributed by atoms with Crippen molar-refractivity contribution in [1.29, 1.82) is 0 Å². The third kappa shape index (κ3) is 3.32. The van der Waals surface area contributed by atoms with Gasteiger partial charge in [0.15, 0.2) is 0 Å². The molecule has 0 saturated carbocycles. The second kappa shape index (κ2) is 4.88. The number of aliphatic hydroxyl groups is 1. The van der Waals surface area contributed by atoms with E-state index in [2.05, 4.69) is 15.6 Å². The second-order valence-corrected chi connectivity index (χ2v) is 3.85. The Bertz CT molecular complexity index is 281. The lowest BCUT2D eigenvalue weighted by molar-refractivity contribution is -0.135. The van der Waals surface area contributed by atoms with Crippen molar-refractivity contribution < 1.29 is 14.7 Å². The van der Waals surface area contributed by atoms with Gasteiger partial charge in [-0.25, -0.2) is 4.99 Å². The number of amides is 2. The van der Waals surface area contributed by atoms with Crippen molar-refractivity contribution in [3.63, 3.8) is 0 Å². The Labute approximate surface area is 87.8 Å². The molecule has 6 heteroatoms. The van der Waals surface area contributed by atoms with Crippen molar-refractivity contribution in [3.05, 3.63) is 0 Å². The van der Waals surface area contributed by atoms with E-state index < -0.39 is 11.8 Å². The van der Waals surface area contributed by atoms with Crippen molar-refractivity contribution in [2.24, 2.45) is 10.9 Å². The molecule has 0 spiro atoms. The fourth-order valence-electron chi connectivity index (χ4n) is 1.32. The molecule has 6 nitrogen and oxygen atoms in total. The van der Waals surface area contributed by atoms with Gasteiger partial charge in [0.05, 0.1) is 12.6 Å². The first-order valence-corrected chi connectivity index (χ1v) is 4.84. The summed E-state index contributed by atoms with van der Waals surface area (Å²) in [5.74, 6) is -0.908. The monoisotopic (exact) mass is 213 g/mol. The summed E-state index contributed by atoms with van der Waals surface area (Å²) >= 11 is 0. The number of carbonyl (C=O) groups is 2. The molecule has 1 saturated heterocycles. The summed E-state index contributed by atoms with van der Waals surface area (Å²) in [5, 5.41) is 13.6. The van der Waals surface area contributed by atoms with Crippen LogP contribution >= 0.6 is 0 Å². The van der Waals surface area contributed by atoms with Crippen LogP contribution in [0, 0.1) is 5.92 Å². The summed E-state index contributed by atoms with van der Waals surface area (Å²) in [7, 11) is 0. The van der Waals surface area contributed by atoms with Crippen LogP contribution in [0.15, 0.2) is 4.99 Å². The Kier molecular flexibility index (Phi) is 3.79. The second-order valence-electron chi connectivity index (χ2n) is 3.85. The van der Waals surface area contributed by atoms with Crippen LogP contribution in [0.3, 0.4) is 0 Å². The van der Waals surface area contributed by atoms with Gasteiger partial charge >= 0.3 is 11.8 Å². The van der Waals surface area contributed by atoms with Gasteiger partial charge in [-0.3, -0.25) is 20.2 Å². The zero-order valence-corrected chi connectivity index (χ0v) is 8.78. The topological polar surface area (TPSA) is 90.8 Å². The summed E-state index contributed by atoms with van der Waals surface area (Å²) < 4.78 is 0. The molecule has 1 atom stereocenters. The summed E-state index contributed by atoms with van der Waals surface area (Å²) in [4.78, 5) is 25.7. The van der Waals surface area contributed by atoms with Crippen LogP contribution in [0.25, 0.3) is 0 Å². The minimum atomic E-state index is -0.713. The van der Waals surface area contributed by atoms with Crippen LogP contribution in [0.5, 0.6) is 0 Å². The number of hydrogen-bond donors (Lipinski definition) is 3. The Balaban J connectivity index is 2.61. The lowest BCUT2D eigenvalue weighted by atomic mass is 10.1. The SMILES string of the molecule is CC(C)CC(CO)N=C1NC(=O)C(=O)N1. The highest BCUT2D eigenvalue weighted by Crippen LogP contribution is 2.07. The van der Waals surface area contributed by atoms with Crippen LogP contribution < -0.4 is 10.6 Å². The minimum absolute atomic E-state index is 0.104. The lowest BCUT2D eigenvalue weighted by Crippen LogP contribution is -2.29. The Morgan fingerprint density at radius 1 is 1.27 bits per heavy atom. The van der Waals surface area contributed by atoms with Gasteiger partial charge in [0.25, 0.3) is 0 Å². The molecular weight excluding hydrogens is 198 g/mol. The molecule has 84 valence electrons. The van der Waals surface area contributed by atoms with Crippen LogP contribution in [0.2, 0.25) is 0 Å². The molecule has 1 rings (SSSR count).